The van der Waals surface area contributed by atoms with Gasteiger partial charge < -0.3 is 39.2 Å². The first-order valence-corrected chi connectivity index (χ1v) is 37.2. The van der Waals surface area contributed by atoms with Crippen LogP contribution in [-0.4, -0.2) is 337 Å². The maximum Gasteiger partial charge on any atom is 0.0506 e. The Morgan fingerprint density at radius 2 is 0.775 bits per heavy atom. The van der Waals surface area contributed by atoms with Gasteiger partial charge in [-0.1, -0.05) is 46.8 Å². The van der Waals surface area contributed by atoms with E-state index in [4.69, 9.17) is 0 Å². The van der Waals surface area contributed by atoms with E-state index in [-0.39, 0.29) is 7.43 Å². The third kappa shape index (κ3) is 26.6. The Bertz CT molecular complexity index is 1870. The maximum absolute atomic E-state index is 2.67. The topological polar surface area (TPSA) is 45.4 Å². The second kappa shape index (κ2) is 40.0. The number of fused-ring (bicyclic) bond motifs is 4. The highest BCUT2D eigenvalue weighted by Gasteiger charge is 2.43. The number of piperidine rings is 2. The third-order valence-electron chi connectivity index (χ3n) is 23.2. The summed E-state index contributed by atoms with van der Waals surface area (Å²) < 4.78 is 0. The molecule has 11 fully saturated rings. The Morgan fingerprint density at radius 3 is 1.21 bits per heavy atom. The molecule has 89 heavy (non-hydrogen) atoms. The zero-order chi connectivity index (χ0) is 65.1. The van der Waals surface area contributed by atoms with Gasteiger partial charge in [0.1, 0.15) is 0 Å². The number of likely N-dealkylation sites (tertiary alicyclic amines) is 9. The van der Waals surface area contributed by atoms with E-state index in [0.29, 0.717) is 0 Å². The quantitative estimate of drug-likeness (QED) is 0.217. The summed E-state index contributed by atoms with van der Waals surface area (Å²) in [4.78, 5) is 35.2. The van der Waals surface area contributed by atoms with Gasteiger partial charge in [0.15, 0.2) is 0 Å². The Hall–Kier alpha value is -0.820. The summed E-state index contributed by atoms with van der Waals surface area (Å²) in [6.07, 6.45) is 12.2. The summed E-state index contributed by atoms with van der Waals surface area (Å²) in [5, 5.41) is 0. The highest BCUT2D eigenvalue weighted by molar-refractivity contribution is 5.10. The second-order valence-electron chi connectivity index (χ2n) is 33.0. The predicted octanol–water partition coefficient (Wildman–Crippen LogP) is 10.1. The predicted molar refractivity (Wildman–Crippen MR) is 390 cm³/mol. The van der Waals surface area contributed by atoms with Gasteiger partial charge in [-0.05, 0) is 258 Å². The van der Waals surface area contributed by atoms with Gasteiger partial charge in [0.25, 0.3) is 0 Å². The van der Waals surface area contributed by atoms with Gasteiger partial charge in [0.05, 0.1) is 6.67 Å². The van der Waals surface area contributed by atoms with Crippen LogP contribution < -0.4 is 0 Å². The molecule has 0 radical (unpaired) electrons. The van der Waals surface area contributed by atoms with E-state index in [2.05, 4.69) is 242 Å². The summed E-state index contributed by atoms with van der Waals surface area (Å²) in [7, 11) is 17.8. The minimum atomic E-state index is 0. The van der Waals surface area contributed by atoms with Crippen molar-refractivity contribution < 1.29 is 0 Å². The Kier molecular flexibility index (Phi) is 36.3. The summed E-state index contributed by atoms with van der Waals surface area (Å²) in [5.74, 6) is 7.41. The summed E-state index contributed by atoms with van der Waals surface area (Å²) in [6, 6.07) is 7.01. The molecule has 9 atom stereocenters. The molecule has 526 valence electrons. The van der Waals surface area contributed by atoms with Gasteiger partial charge in [-0.2, -0.15) is 0 Å². The Balaban J connectivity index is 0.000000218. The molecule has 12 rings (SSSR count). The number of hydrogen-bond donors (Lipinski definition) is 0. The fourth-order valence-corrected chi connectivity index (χ4v) is 16.6. The minimum absolute atomic E-state index is 0. The molecular formula is C75H156N14. The minimum Gasteiger partial charge on any atom is -0.306 e. The van der Waals surface area contributed by atoms with E-state index < -0.39 is 0 Å². The fourth-order valence-electron chi connectivity index (χ4n) is 16.6. The molecule has 11 saturated heterocycles. The zero-order valence-electron chi connectivity index (χ0n) is 63.1. The lowest BCUT2D eigenvalue weighted by Crippen LogP contribution is -2.47. The molecule has 0 saturated carbocycles. The first-order valence-electron chi connectivity index (χ1n) is 37.2. The zero-order valence-corrected chi connectivity index (χ0v) is 63.1. The maximum atomic E-state index is 2.67. The SMILES string of the molecule is C.CC(C)C1=CCCN(C)C1.CC(C)C1CCCN(C)C1.CC(C)N1CC2CCCN(C)C2C1.CC(C)N1CC2CCN(C)C2C1.CC(C)N1CC2CN(C)CC2C1.CC(C)N1CCC2CN(C)CC21.CC(C)N1CCN(C)C1.CC(C)N1CCN(C)CC1. The molecule has 14 nitrogen and oxygen atoms in total. The van der Waals surface area contributed by atoms with Crippen molar-refractivity contribution in [2.45, 2.75) is 218 Å². The average molecular weight is 1250 g/mol. The van der Waals surface area contributed by atoms with Gasteiger partial charge >= 0.3 is 0 Å². The van der Waals surface area contributed by atoms with Crippen molar-refractivity contribution in [2.75, 3.05) is 214 Å². The normalized spacial score (nSPS) is 31.6. The van der Waals surface area contributed by atoms with E-state index >= 15 is 0 Å². The monoisotopic (exact) mass is 1250 g/mol. The molecule has 0 spiro atoms. The van der Waals surface area contributed by atoms with Crippen molar-refractivity contribution in [1.82, 2.24) is 68.6 Å². The number of hydrogen-bond acceptors (Lipinski definition) is 14. The molecule has 0 aromatic heterocycles. The van der Waals surface area contributed by atoms with Crippen LogP contribution in [0.2, 0.25) is 0 Å². The highest BCUT2D eigenvalue weighted by atomic mass is 15.4. The highest BCUT2D eigenvalue weighted by Crippen LogP contribution is 2.34. The van der Waals surface area contributed by atoms with Crippen molar-refractivity contribution in [3.05, 3.63) is 11.6 Å². The second-order valence-corrected chi connectivity index (χ2v) is 33.0. The molecule has 9 unspecified atom stereocenters. The largest absolute Gasteiger partial charge is 0.306 e. The van der Waals surface area contributed by atoms with E-state index in [0.717, 1.165) is 108 Å². The molecular weight excluding hydrogens is 1100 g/mol. The van der Waals surface area contributed by atoms with Crippen LogP contribution in [0.25, 0.3) is 0 Å². The molecule has 0 aliphatic carbocycles. The third-order valence-corrected chi connectivity index (χ3v) is 23.2. The van der Waals surface area contributed by atoms with Crippen molar-refractivity contribution in [3.63, 3.8) is 0 Å². The summed E-state index contributed by atoms with van der Waals surface area (Å²) >= 11 is 0. The molecule has 0 bridgehead atoms. The number of nitrogens with zero attached hydrogens (tertiary/aromatic N) is 14. The first-order chi connectivity index (χ1) is 41.5. The standard InChI is InChI=1S/C11H22N2.3C10H20N2.C9H19N.C9H17N.C8H18N2.C7H16N2.CH4/c1-9(2)13-7-10-5-4-6-12(3)11(10)8-13;1-8(2)12-6-9-4-11(3)5-10(9)7-12;1-8(2)12-5-4-9-6-11(3)7-10(9)12;1-8(2)12-6-9-4-5-11(3)10(9)7-12;2*1-8(2)9-5-4-6-10(3)7-9;1-8(2)10-6-4-9(3)5-7-10;1-7(2)9-5-4-8(3)6-9;/h9-11H,4-8H2,1-3H3;3*8-10H,4-7H2,1-3H3;8-9H,4-7H2,1-3H3;5,8H,4,6-7H2,1-3H3;8H,4-7H2,1-3H3;7H,4-6H2,1-3H3;1H4. The van der Waals surface area contributed by atoms with Crippen molar-refractivity contribution in [1.29, 1.82) is 0 Å². The van der Waals surface area contributed by atoms with Gasteiger partial charge in [-0.15, -0.1) is 0 Å². The summed E-state index contributed by atoms with van der Waals surface area (Å²) in [5.41, 5.74) is 1.61. The van der Waals surface area contributed by atoms with Crippen molar-refractivity contribution in [2.24, 2.45) is 47.3 Å². The van der Waals surface area contributed by atoms with Crippen LogP contribution in [0.1, 0.15) is 163 Å². The lowest BCUT2D eigenvalue weighted by atomic mass is 9.88. The van der Waals surface area contributed by atoms with Crippen molar-refractivity contribution in [3.8, 4) is 0 Å². The number of rotatable bonds is 8. The molecule has 0 N–H and O–H groups in total. The molecule has 14 heteroatoms. The smallest absolute Gasteiger partial charge is 0.0506 e. The molecule has 0 amide bonds. The number of likely N-dealkylation sites (N-methyl/N-ethyl adjacent to an activating group) is 6. The van der Waals surface area contributed by atoms with Crippen LogP contribution in [0.15, 0.2) is 11.6 Å². The van der Waals surface area contributed by atoms with E-state index in [1.807, 2.05) is 0 Å². The molecule has 12 heterocycles. The summed E-state index contributed by atoms with van der Waals surface area (Å²) in [6.45, 7) is 67.6. The van der Waals surface area contributed by atoms with Crippen LogP contribution in [0, 0.1) is 47.3 Å². The van der Waals surface area contributed by atoms with Crippen LogP contribution in [0.5, 0.6) is 0 Å². The van der Waals surface area contributed by atoms with Gasteiger partial charge in [-0.3, -0.25) is 29.4 Å². The Labute approximate surface area is 556 Å². The van der Waals surface area contributed by atoms with Crippen LogP contribution in [0.4, 0.5) is 0 Å². The van der Waals surface area contributed by atoms with E-state index in [1.165, 1.54) is 195 Å². The van der Waals surface area contributed by atoms with E-state index in [9.17, 15) is 0 Å². The van der Waals surface area contributed by atoms with Gasteiger partial charge in [0, 0.05) is 179 Å². The van der Waals surface area contributed by atoms with Crippen molar-refractivity contribution >= 4 is 0 Å². The van der Waals surface area contributed by atoms with Crippen LogP contribution in [0.3, 0.4) is 0 Å². The van der Waals surface area contributed by atoms with E-state index in [1.54, 1.807) is 5.57 Å². The number of piperazine rings is 1. The van der Waals surface area contributed by atoms with Gasteiger partial charge in [0.2, 0.25) is 0 Å². The lowest BCUT2D eigenvalue weighted by molar-refractivity contribution is 0.126. The molecule has 12 aliphatic heterocycles. The van der Waals surface area contributed by atoms with Crippen LogP contribution in [-0.2, 0) is 0 Å². The first kappa shape index (κ1) is 80.6. The molecule has 12 aliphatic rings. The van der Waals surface area contributed by atoms with Crippen LogP contribution >= 0.6 is 0 Å². The molecule has 0 aromatic rings. The average Bonchev–Trinajstić information content (AvgIpc) is 2.11. The Morgan fingerprint density at radius 1 is 0.326 bits per heavy atom. The fraction of sp³-hybridized carbons (Fsp3) is 0.973. The molecule has 0 aromatic carbocycles. The lowest BCUT2D eigenvalue weighted by Gasteiger charge is -2.34. The van der Waals surface area contributed by atoms with Gasteiger partial charge in [-0.25, -0.2) is 0 Å².